The first-order chi connectivity index (χ1) is 14.5. The molecule has 0 spiro atoms. The van der Waals surface area contributed by atoms with Crippen LogP contribution in [0.3, 0.4) is 0 Å². The second-order valence-corrected chi connectivity index (χ2v) is 8.27. The predicted molar refractivity (Wildman–Crippen MR) is 115 cm³/mol. The molecule has 2 heterocycles. The van der Waals surface area contributed by atoms with Crippen molar-refractivity contribution < 1.29 is 19.4 Å². The number of carbonyl (C=O) groups excluding carboxylic acids is 2. The van der Waals surface area contributed by atoms with E-state index in [1.807, 2.05) is 30.3 Å². The van der Waals surface area contributed by atoms with Crippen LogP contribution in [0.25, 0.3) is 5.76 Å². The molecule has 2 saturated heterocycles. The average molecular weight is 405 g/mol. The highest BCUT2D eigenvalue weighted by Gasteiger charge is 2.47. The molecule has 1 amide bonds. The molecule has 2 atom stereocenters. The van der Waals surface area contributed by atoms with Gasteiger partial charge in [0.25, 0.3) is 11.7 Å². The summed E-state index contributed by atoms with van der Waals surface area (Å²) in [6.45, 7) is 5.25. The number of hydrogen-bond acceptors (Lipinski definition) is 4. The third kappa shape index (κ3) is 3.77. The van der Waals surface area contributed by atoms with Gasteiger partial charge >= 0.3 is 0 Å². The molecule has 0 unspecified atom stereocenters. The molecule has 2 aromatic carbocycles. The Morgan fingerprint density at radius 1 is 1.10 bits per heavy atom. The molecule has 5 heteroatoms. The van der Waals surface area contributed by atoms with Crippen molar-refractivity contribution in [2.45, 2.75) is 44.8 Å². The van der Waals surface area contributed by atoms with Gasteiger partial charge in [0.15, 0.2) is 0 Å². The first-order valence-corrected chi connectivity index (χ1v) is 10.5. The molecule has 30 heavy (non-hydrogen) atoms. The molecule has 0 saturated carbocycles. The number of likely N-dealkylation sites (tertiary alicyclic amines) is 1. The third-order valence-electron chi connectivity index (χ3n) is 5.93. The highest BCUT2D eigenvalue weighted by Crippen LogP contribution is 2.40. The molecule has 2 fully saturated rings. The lowest BCUT2D eigenvalue weighted by Crippen LogP contribution is -2.36. The summed E-state index contributed by atoms with van der Waals surface area (Å²) >= 11 is 0. The van der Waals surface area contributed by atoms with Crippen LogP contribution < -0.4 is 0 Å². The van der Waals surface area contributed by atoms with Gasteiger partial charge in [0, 0.05) is 18.7 Å². The zero-order valence-corrected chi connectivity index (χ0v) is 17.4. The largest absolute Gasteiger partial charge is 0.507 e. The van der Waals surface area contributed by atoms with Crippen molar-refractivity contribution >= 4 is 17.4 Å². The van der Waals surface area contributed by atoms with E-state index in [0.29, 0.717) is 24.6 Å². The van der Waals surface area contributed by atoms with E-state index in [9.17, 15) is 14.7 Å². The number of aliphatic hydroxyl groups is 1. The fourth-order valence-electron chi connectivity index (χ4n) is 4.24. The molecule has 2 aliphatic rings. The van der Waals surface area contributed by atoms with Crippen LogP contribution >= 0.6 is 0 Å². The number of nitrogens with zero attached hydrogens (tertiary/aromatic N) is 1. The maximum atomic E-state index is 13.0. The smallest absolute Gasteiger partial charge is 0.295 e. The van der Waals surface area contributed by atoms with E-state index < -0.39 is 17.7 Å². The van der Waals surface area contributed by atoms with Gasteiger partial charge in [0.1, 0.15) is 5.76 Å². The number of aliphatic hydroxyl groups excluding tert-OH is 1. The lowest BCUT2D eigenvalue weighted by Gasteiger charge is -2.27. The van der Waals surface area contributed by atoms with Crippen LogP contribution in [-0.4, -0.2) is 41.0 Å². The number of Topliss-reactive ketones (excluding diaryl/α,β-unsaturated/α-hetero) is 1. The SMILES string of the molecule is CC(C)c1ccc([C@@H]2C(=C(O)c3ccccc3)C(=O)C(=O)N2C[C@@H]2CCCO2)cc1. The summed E-state index contributed by atoms with van der Waals surface area (Å²) in [7, 11) is 0. The summed E-state index contributed by atoms with van der Waals surface area (Å²) < 4.78 is 5.73. The number of benzene rings is 2. The summed E-state index contributed by atoms with van der Waals surface area (Å²) in [5, 5.41) is 11.0. The number of ether oxygens (including phenoxy) is 1. The lowest BCUT2D eigenvalue weighted by atomic mass is 9.93. The van der Waals surface area contributed by atoms with Gasteiger partial charge in [-0.2, -0.15) is 0 Å². The van der Waals surface area contributed by atoms with Gasteiger partial charge in [-0.05, 0) is 29.9 Å². The standard InChI is InChI=1S/C25H27NO4/c1-16(2)17-10-12-18(13-11-17)22-21(23(27)19-7-4-3-5-8-19)24(28)25(29)26(22)15-20-9-6-14-30-20/h3-5,7-8,10-13,16,20,22,27H,6,9,14-15H2,1-2H3/t20-,22+/m0/s1. The number of amides is 1. The van der Waals surface area contributed by atoms with E-state index in [2.05, 4.69) is 13.8 Å². The quantitative estimate of drug-likeness (QED) is 0.455. The van der Waals surface area contributed by atoms with Crippen LogP contribution in [0.1, 0.15) is 55.3 Å². The average Bonchev–Trinajstić information content (AvgIpc) is 3.36. The Balaban J connectivity index is 1.80. The van der Waals surface area contributed by atoms with E-state index in [-0.39, 0.29) is 17.4 Å². The van der Waals surface area contributed by atoms with Crippen molar-refractivity contribution in [1.29, 1.82) is 0 Å². The normalized spacial score (nSPS) is 23.5. The monoisotopic (exact) mass is 405 g/mol. The molecule has 0 radical (unpaired) electrons. The summed E-state index contributed by atoms with van der Waals surface area (Å²) in [5.41, 5.74) is 2.66. The van der Waals surface area contributed by atoms with E-state index in [4.69, 9.17) is 4.74 Å². The Morgan fingerprint density at radius 3 is 2.40 bits per heavy atom. The van der Waals surface area contributed by atoms with Crippen LogP contribution in [0.15, 0.2) is 60.2 Å². The highest BCUT2D eigenvalue weighted by atomic mass is 16.5. The Bertz CT molecular complexity index is 956. The molecule has 4 rings (SSSR count). The maximum Gasteiger partial charge on any atom is 0.295 e. The topological polar surface area (TPSA) is 66.8 Å². The first-order valence-electron chi connectivity index (χ1n) is 10.5. The second kappa shape index (κ2) is 8.44. The van der Waals surface area contributed by atoms with Crippen LogP contribution in [0.4, 0.5) is 0 Å². The van der Waals surface area contributed by atoms with Crippen molar-refractivity contribution in [3.63, 3.8) is 0 Å². The zero-order valence-electron chi connectivity index (χ0n) is 17.4. The molecule has 0 aliphatic carbocycles. The summed E-state index contributed by atoms with van der Waals surface area (Å²) in [4.78, 5) is 27.6. The van der Waals surface area contributed by atoms with E-state index in [0.717, 1.165) is 18.4 Å². The van der Waals surface area contributed by atoms with Gasteiger partial charge < -0.3 is 14.7 Å². The minimum atomic E-state index is -0.646. The molecule has 0 aromatic heterocycles. The van der Waals surface area contributed by atoms with Gasteiger partial charge in [-0.25, -0.2) is 0 Å². The molecule has 2 aromatic rings. The van der Waals surface area contributed by atoms with Crippen LogP contribution in [0.2, 0.25) is 0 Å². The number of carbonyl (C=O) groups is 2. The number of rotatable bonds is 5. The van der Waals surface area contributed by atoms with Gasteiger partial charge in [0.2, 0.25) is 0 Å². The number of hydrogen-bond donors (Lipinski definition) is 1. The van der Waals surface area contributed by atoms with Crippen LogP contribution in [-0.2, 0) is 14.3 Å². The fraction of sp³-hybridized carbons (Fsp3) is 0.360. The van der Waals surface area contributed by atoms with Crippen LogP contribution in [0, 0.1) is 0 Å². The molecule has 2 aliphatic heterocycles. The maximum absolute atomic E-state index is 13.0. The Labute approximate surface area is 177 Å². The minimum absolute atomic E-state index is 0.0857. The predicted octanol–water partition coefficient (Wildman–Crippen LogP) is 4.41. The van der Waals surface area contributed by atoms with Crippen molar-refractivity contribution in [2.75, 3.05) is 13.2 Å². The summed E-state index contributed by atoms with van der Waals surface area (Å²) in [6, 6.07) is 16.2. The molecule has 5 nitrogen and oxygen atoms in total. The van der Waals surface area contributed by atoms with E-state index in [1.54, 1.807) is 29.2 Å². The van der Waals surface area contributed by atoms with Gasteiger partial charge in [-0.1, -0.05) is 68.4 Å². The summed E-state index contributed by atoms with van der Waals surface area (Å²) in [6.07, 6.45) is 1.73. The summed E-state index contributed by atoms with van der Waals surface area (Å²) in [5.74, 6) is -0.989. The van der Waals surface area contributed by atoms with Crippen molar-refractivity contribution in [3.05, 3.63) is 76.9 Å². The van der Waals surface area contributed by atoms with Gasteiger partial charge in [0.05, 0.1) is 17.7 Å². The van der Waals surface area contributed by atoms with Gasteiger partial charge in [-0.15, -0.1) is 0 Å². The number of ketones is 1. The molecule has 0 bridgehead atoms. The molecular formula is C25H27NO4. The Hall–Kier alpha value is -2.92. The Kier molecular flexibility index (Phi) is 5.73. The van der Waals surface area contributed by atoms with Crippen molar-refractivity contribution in [3.8, 4) is 0 Å². The second-order valence-electron chi connectivity index (χ2n) is 8.27. The van der Waals surface area contributed by atoms with E-state index in [1.165, 1.54) is 5.56 Å². The Morgan fingerprint density at radius 2 is 1.80 bits per heavy atom. The van der Waals surface area contributed by atoms with Gasteiger partial charge in [-0.3, -0.25) is 9.59 Å². The molecule has 156 valence electrons. The van der Waals surface area contributed by atoms with Crippen molar-refractivity contribution in [2.24, 2.45) is 0 Å². The fourth-order valence-corrected chi connectivity index (χ4v) is 4.24. The lowest BCUT2D eigenvalue weighted by molar-refractivity contribution is -0.140. The molecule has 1 N–H and O–H groups in total. The zero-order chi connectivity index (χ0) is 21.3. The molecular weight excluding hydrogens is 378 g/mol. The van der Waals surface area contributed by atoms with Crippen LogP contribution in [0.5, 0.6) is 0 Å². The highest BCUT2D eigenvalue weighted by molar-refractivity contribution is 6.46. The minimum Gasteiger partial charge on any atom is -0.507 e. The first kappa shape index (κ1) is 20.4. The van der Waals surface area contributed by atoms with E-state index >= 15 is 0 Å². The third-order valence-corrected chi connectivity index (χ3v) is 5.93. The van der Waals surface area contributed by atoms with Crippen molar-refractivity contribution in [1.82, 2.24) is 4.90 Å².